The Bertz CT molecular complexity index is 583. The molecule has 1 heterocycles. The van der Waals surface area contributed by atoms with E-state index in [4.69, 9.17) is 5.26 Å². The lowest BCUT2D eigenvalue weighted by molar-refractivity contribution is -0.384. The van der Waals surface area contributed by atoms with Crippen molar-refractivity contribution >= 4 is 5.69 Å². The van der Waals surface area contributed by atoms with Gasteiger partial charge >= 0.3 is 0 Å². The van der Waals surface area contributed by atoms with Crippen LogP contribution in [0.2, 0.25) is 0 Å². The van der Waals surface area contributed by atoms with E-state index in [0.29, 0.717) is 11.3 Å². The lowest BCUT2D eigenvalue weighted by atomic mass is 10.1. The Hall–Kier alpha value is -2.68. The zero-order valence-electron chi connectivity index (χ0n) is 7.95. The Morgan fingerprint density at radius 1 is 1.44 bits per heavy atom. The number of hydrogen-bond acceptors (Lipinski definition) is 5. The normalized spacial score (nSPS) is 9.69. The van der Waals surface area contributed by atoms with Crippen molar-refractivity contribution in [2.45, 2.75) is 0 Å². The van der Waals surface area contributed by atoms with E-state index in [2.05, 4.69) is 9.68 Å². The SMILES string of the molecule is N#Cc1cc(-c2cccc([N+](=O)[O-])c2)no1. The number of non-ortho nitro benzene ring substituents is 1. The molecule has 78 valence electrons. The predicted molar refractivity (Wildman–Crippen MR) is 53.3 cm³/mol. The first-order valence-electron chi connectivity index (χ1n) is 4.32. The van der Waals surface area contributed by atoms with Gasteiger partial charge in [0.25, 0.3) is 5.69 Å². The van der Waals surface area contributed by atoms with E-state index in [9.17, 15) is 10.1 Å². The molecule has 2 aromatic rings. The van der Waals surface area contributed by atoms with E-state index in [1.807, 2.05) is 0 Å². The summed E-state index contributed by atoms with van der Waals surface area (Å²) in [6.45, 7) is 0. The van der Waals surface area contributed by atoms with E-state index in [-0.39, 0.29) is 11.4 Å². The number of aromatic nitrogens is 1. The number of benzene rings is 1. The fraction of sp³-hybridized carbons (Fsp3) is 0. The van der Waals surface area contributed by atoms with Gasteiger partial charge in [-0.1, -0.05) is 17.3 Å². The first-order chi connectivity index (χ1) is 7.70. The summed E-state index contributed by atoms with van der Waals surface area (Å²) < 4.78 is 4.69. The fourth-order valence-electron chi connectivity index (χ4n) is 1.24. The zero-order chi connectivity index (χ0) is 11.5. The maximum Gasteiger partial charge on any atom is 0.270 e. The van der Waals surface area contributed by atoms with Gasteiger partial charge in [0, 0.05) is 23.8 Å². The lowest BCUT2D eigenvalue weighted by Gasteiger charge is -1.94. The molecule has 0 N–H and O–H groups in total. The monoisotopic (exact) mass is 215 g/mol. The van der Waals surface area contributed by atoms with Crippen LogP contribution in [0.3, 0.4) is 0 Å². The summed E-state index contributed by atoms with van der Waals surface area (Å²) in [7, 11) is 0. The summed E-state index contributed by atoms with van der Waals surface area (Å²) in [4.78, 5) is 10.1. The van der Waals surface area contributed by atoms with E-state index >= 15 is 0 Å². The van der Waals surface area contributed by atoms with Crippen molar-refractivity contribution in [3.63, 3.8) is 0 Å². The Morgan fingerprint density at radius 3 is 2.88 bits per heavy atom. The summed E-state index contributed by atoms with van der Waals surface area (Å²) in [6, 6.07) is 9.19. The Labute approximate surface area is 89.9 Å². The highest BCUT2D eigenvalue weighted by atomic mass is 16.6. The topological polar surface area (TPSA) is 93.0 Å². The Kier molecular flexibility index (Phi) is 2.36. The van der Waals surface area contributed by atoms with Crippen LogP contribution in [-0.4, -0.2) is 10.1 Å². The molecule has 6 nitrogen and oxygen atoms in total. The molecule has 2 rings (SSSR count). The molecule has 0 saturated heterocycles. The van der Waals surface area contributed by atoms with Gasteiger partial charge in [-0.2, -0.15) is 5.26 Å². The second kappa shape index (κ2) is 3.82. The summed E-state index contributed by atoms with van der Waals surface area (Å²) >= 11 is 0. The molecule has 16 heavy (non-hydrogen) atoms. The minimum Gasteiger partial charge on any atom is -0.345 e. The quantitative estimate of drug-likeness (QED) is 0.565. The van der Waals surface area contributed by atoms with Crippen LogP contribution >= 0.6 is 0 Å². The first kappa shape index (κ1) is 9.86. The second-order valence-corrected chi connectivity index (χ2v) is 3.00. The number of nitro groups is 1. The molecule has 0 bridgehead atoms. The maximum absolute atomic E-state index is 10.6. The van der Waals surface area contributed by atoms with Gasteiger partial charge in [0.05, 0.1) is 4.92 Å². The summed E-state index contributed by atoms with van der Waals surface area (Å²) in [5.41, 5.74) is 0.915. The van der Waals surface area contributed by atoms with Crippen molar-refractivity contribution in [1.29, 1.82) is 5.26 Å². The minimum atomic E-state index is -0.491. The lowest BCUT2D eigenvalue weighted by Crippen LogP contribution is -1.87. The fourth-order valence-corrected chi connectivity index (χ4v) is 1.24. The van der Waals surface area contributed by atoms with Crippen molar-refractivity contribution in [2.75, 3.05) is 0 Å². The minimum absolute atomic E-state index is 0.0287. The van der Waals surface area contributed by atoms with Crippen LogP contribution in [0.25, 0.3) is 11.3 Å². The van der Waals surface area contributed by atoms with Crippen LogP contribution in [0.4, 0.5) is 5.69 Å². The van der Waals surface area contributed by atoms with E-state index in [1.54, 1.807) is 18.2 Å². The van der Waals surface area contributed by atoms with Gasteiger partial charge in [-0.25, -0.2) is 0 Å². The van der Waals surface area contributed by atoms with Gasteiger partial charge in [-0.05, 0) is 0 Å². The number of nitriles is 1. The molecular weight excluding hydrogens is 210 g/mol. The van der Waals surface area contributed by atoms with Gasteiger partial charge in [-0.15, -0.1) is 0 Å². The van der Waals surface area contributed by atoms with Crippen LogP contribution < -0.4 is 0 Å². The largest absolute Gasteiger partial charge is 0.345 e. The third-order valence-electron chi connectivity index (χ3n) is 1.97. The summed E-state index contributed by atoms with van der Waals surface area (Å²) in [6.07, 6.45) is 0. The van der Waals surface area contributed by atoms with Crippen LogP contribution in [0.5, 0.6) is 0 Å². The van der Waals surface area contributed by atoms with Crippen LogP contribution in [0.15, 0.2) is 34.9 Å². The standard InChI is InChI=1S/C10H5N3O3/c11-6-9-5-10(12-16-9)7-2-1-3-8(4-7)13(14)15/h1-5H. The molecule has 1 aromatic carbocycles. The Morgan fingerprint density at radius 2 is 2.25 bits per heavy atom. The van der Waals surface area contributed by atoms with Crippen molar-refractivity contribution < 1.29 is 9.45 Å². The smallest absolute Gasteiger partial charge is 0.270 e. The average Bonchev–Trinajstić information content (AvgIpc) is 2.77. The van der Waals surface area contributed by atoms with Gasteiger partial charge in [0.1, 0.15) is 11.8 Å². The second-order valence-electron chi connectivity index (χ2n) is 3.00. The molecule has 0 aliphatic rings. The highest BCUT2D eigenvalue weighted by Crippen LogP contribution is 2.23. The van der Waals surface area contributed by atoms with E-state index in [0.717, 1.165) is 0 Å². The third kappa shape index (κ3) is 1.74. The van der Waals surface area contributed by atoms with Gasteiger partial charge in [0.15, 0.2) is 0 Å². The van der Waals surface area contributed by atoms with Crippen molar-refractivity contribution in [3.8, 4) is 17.3 Å². The molecule has 0 amide bonds. The molecule has 0 aliphatic carbocycles. The number of nitrogens with zero attached hydrogens (tertiary/aromatic N) is 3. The molecule has 6 heteroatoms. The zero-order valence-corrected chi connectivity index (χ0v) is 7.95. The molecule has 0 fully saturated rings. The molecule has 0 atom stereocenters. The maximum atomic E-state index is 10.6. The molecule has 0 aliphatic heterocycles. The molecule has 1 aromatic heterocycles. The number of rotatable bonds is 2. The third-order valence-corrected chi connectivity index (χ3v) is 1.97. The number of hydrogen-bond donors (Lipinski definition) is 0. The van der Waals surface area contributed by atoms with E-state index < -0.39 is 4.92 Å². The molecule has 0 saturated carbocycles. The predicted octanol–water partition coefficient (Wildman–Crippen LogP) is 2.12. The van der Waals surface area contributed by atoms with Gasteiger partial charge < -0.3 is 4.52 Å². The molecule has 0 spiro atoms. The van der Waals surface area contributed by atoms with Gasteiger partial charge in [-0.3, -0.25) is 10.1 Å². The number of nitro benzene ring substituents is 1. The summed E-state index contributed by atoms with van der Waals surface area (Å²) in [5.74, 6) is 0.0708. The highest BCUT2D eigenvalue weighted by Gasteiger charge is 2.10. The first-order valence-corrected chi connectivity index (χ1v) is 4.32. The van der Waals surface area contributed by atoms with Crippen LogP contribution in [0.1, 0.15) is 5.76 Å². The van der Waals surface area contributed by atoms with E-state index in [1.165, 1.54) is 18.2 Å². The van der Waals surface area contributed by atoms with Crippen LogP contribution in [0, 0.1) is 21.4 Å². The highest BCUT2D eigenvalue weighted by molar-refractivity contribution is 5.62. The Balaban J connectivity index is 2.44. The summed E-state index contributed by atoms with van der Waals surface area (Å²) in [5, 5.41) is 22.7. The van der Waals surface area contributed by atoms with Crippen molar-refractivity contribution in [3.05, 3.63) is 46.2 Å². The average molecular weight is 215 g/mol. The van der Waals surface area contributed by atoms with Crippen molar-refractivity contribution in [1.82, 2.24) is 5.16 Å². The van der Waals surface area contributed by atoms with Gasteiger partial charge in [0.2, 0.25) is 5.76 Å². The molecular formula is C10H5N3O3. The molecule has 0 unspecified atom stereocenters. The molecule has 0 radical (unpaired) electrons. The van der Waals surface area contributed by atoms with Crippen LogP contribution in [-0.2, 0) is 0 Å². The van der Waals surface area contributed by atoms with Crippen molar-refractivity contribution in [2.24, 2.45) is 0 Å².